The molecule has 2 heterocycles. The third kappa shape index (κ3) is 3.57. The minimum atomic E-state index is -0.103. The first kappa shape index (κ1) is 17.0. The highest BCUT2D eigenvalue weighted by Crippen LogP contribution is 2.22. The lowest BCUT2D eigenvalue weighted by Gasteiger charge is -2.17. The van der Waals surface area contributed by atoms with Gasteiger partial charge in [-0.3, -0.25) is 9.79 Å². The van der Waals surface area contributed by atoms with Crippen LogP contribution in [0, 0.1) is 6.92 Å². The summed E-state index contributed by atoms with van der Waals surface area (Å²) in [6, 6.07) is 15.4. The average molecular weight is 362 g/mol. The predicted molar refractivity (Wildman–Crippen MR) is 102 cm³/mol. The number of hydrogen-bond acceptors (Lipinski definition) is 5. The number of nitrogens with one attached hydrogen (secondary N) is 3. The second kappa shape index (κ2) is 7.03. The molecule has 0 bridgehead atoms. The smallest absolute Gasteiger partial charge is 0.358 e. The van der Waals surface area contributed by atoms with Crippen LogP contribution >= 0.6 is 0 Å². The first-order valence-corrected chi connectivity index (χ1v) is 8.70. The summed E-state index contributed by atoms with van der Waals surface area (Å²) < 4.78 is 5.26. The Labute approximate surface area is 156 Å². The van der Waals surface area contributed by atoms with E-state index in [0.717, 1.165) is 27.9 Å². The molecule has 2 aromatic carbocycles. The van der Waals surface area contributed by atoms with Gasteiger partial charge in [-0.25, -0.2) is 15.6 Å². The maximum Gasteiger partial charge on any atom is 0.358 e. The topological polar surface area (TPSA) is 90.1 Å². The van der Waals surface area contributed by atoms with Crippen LogP contribution in [0.2, 0.25) is 0 Å². The molecule has 0 saturated heterocycles. The first-order chi connectivity index (χ1) is 13.1. The van der Waals surface area contributed by atoms with E-state index in [-0.39, 0.29) is 11.9 Å². The summed E-state index contributed by atoms with van der Waals surface area (Å²) >= 11 is 0. The zero-order valence-corrected chi connectivity index (χ0v) is 15.1. The number of nitrogens with zero attached hydrogens (tertiary/aromatic N) is 2. The third-order valence-electron chi connectivity index (χ3n) is 4.50. The summed E-state index contributed by atoms with van der Waals surface area (Å²) in [5.74, 6) is 1.59. The molecule has 4 rings (SSSR count). The summed E-state index contributed by atoms with van der Waals surface area (Å²) in [5, 5.41) is 6.82. The number of guanidine groups is 1. The Kier molecular flexibility index (Phi) is 4.42. The van der Waals surface area contributed by atoms with Crippen LogP contribution in [0.4, 0.5) is 5.95 Å². The second-order valence-electron chi connectivity index (χ2n) is 6.38. The van der Waals surface area contributed by atoms with Gasteiger partial charge in [-0.05, 0) is 30.7 Å². The molecule has 0 spiro atoms. The van der Waals surface area contributed by atoms with Gasteiger partial charge in [0, 0.05) is 5.39 Å². The standard InChI is InChI=1S/C20H19N5O2/c1-12-15-10-14(27-2)8-9-16(15)22-19(21-12)25-20-23-17(11-18(26)24-20)13-6-4-3-5-7-13/h3-10,17H,11H2,1-2H3,(H2,21,22,23,24,25,26)/p+1/t17-/m1/s1. The van der Waals surface area contributed by atoms with Crippen molar-refractivity contribution in [1.82, 2.24) is 15.3 Å². The highest BCUT2D eigenvalue weighted by molar-refractivity contribution is 6.01. The third-order valence-corrected chi connectivity index (χ3v) is 4.50. The van der Waals surface area contributed by atoms with Gasteiger partial charge in [0.15, 0.2) is 0 Å². The van der Waals surface area contributed by atoms with Crippen molar-refractivity contribution in [2.45, 2.75) is 19.4 Å². The quantitative estimate of drug-likeness (QED) is 0.648. The molecule has 7 heteroatoms. The number of hydrogen-bond donors (Lipinski definition) is 3. The van der Waals surface area contributed by atoms with Gasteiger partial charge in [0.25, 0.3) is 11.9 Å². The Hall–Kier alpha value is -3.48. The van der Waals surface area contributed by atoms with Crippen LogP contribution in [0.15, 0.2) is 48.5 Å². The molecule has 136 valence electrons. The van der Waals surface area contributed by atoms with Crippen LogP contribution in [0.3, 0.4) is 0 Å². The molecule has 7 nitrogen and oxygen atoms in total. The molecule has 0 saturated carbocycles. The molecule has 0 unspecified atom stereocenters. The first-order valence-electron chi connectivity index (χ1n) is 8.70. The Morgan fingerprint density at radius 2 is 2.00 bits per heavy atom. The molecule has 3 aromatic rings. The Morgan fingerprint density at radius 1 is 1.19 bits per heavy atom. The number of fused-ring (bicyclic) bond motifs is 1. The van der Waals surface area contributed by atoms with Gasteiger partial charge in [-0.2, -0.15) is 4.98 Å². The number of carbonyl (C=O) groups excluding carboxylic acids is 1. The Bertz CT molecular complexity index is 1030. The highest BCUT2D eigenvalue weighted by Gasteiger charge is 2.27. The van der Waals surface area contributed by atoms with E-state index in [4.69, 9.17) is 4.74 Å². The molecule has 0 radical (unpaired) electrons. The number of aryl methyl sites for hydroxylation is 1. The van der Waals surface area contributed by atoms with Crippen LogP contribution in [-0.2, 0) is 4.79 Å². The van der Waals surface area contributed by atoms with Crippen molar-refractivity contribution >= 4 is 28.7 Å². The molecule has 1 aromatic heterocycles. The van der Waals surface area contributed by atoms with Crippen molar-refractivity contribution in [2.24, 2.45) is 0 Å². The lowest BCUT2D eigenvalue weighted by Crippen LogP contribution is -2.82. The molecule has 3 N–H and O–H groups in total. The van der Waals surface area contributed by atoms with Gasteiger partial charge >= 0.3 is 5.96 Å². The number of aromatic nitrogens is 2. The number of methoxy groups -OCH3 is 1. The summed E-state index contributed by atoms with van der Waals surface area (Å²) in [6.07, 6.45) is 0.368. The van der Waals surface area contributed by atoms with Crippen molar-refractivity contribution in [2.75, 3.05) is 12.4 Å². The lowest BCUT2D eigenvalue weighted by molar-refractivity contribution is -0.513. The van der Waals surface area contributed by atoms with E-state index in [1.807, 2.05) is 55.5 Å². The minimum Gasteiger partial charge on any atom is -0.497 e. The van der Waals surface area contributed by atoms with Gasteiger partial charge in [0.2, 0.25) is 0 Å². The van der Waals surface area contributed by atoms with E-state index < -0.39 is 0 Å². The van der Waals surface area contributed by atoms with E-state index in [1.165, 1.54) is 0 Å². The zero-order chi connectivity index (χ0) is 18.8. The lowest BCUT2D eigenvalue weighted by atomic mass is 10.0. The van der Waals surface area contributed by atoms with E-state index in [1.54, 1.807) is 7.11 Å². The molecule has 1 atom stereocenters. The Balaban J connectivity index is 1.64. The minimum absolute atomic E-state index is 0.0626. The van der Waals surface area contributed by atoms with Gasteiger partial charge < -0.3 is 4.74 Å². The normalized spacial score (nSPS) is 16.6. The van der Waals surface area contributed by atoms with E-state index >= 15 is 0 Å². The molecule has 1 aliphatic rings. The molecule has 1 aliphatic heterocycles. The number of ether oxygens (including phenoxy) is 1. The summed E-state index contributed by atoms with van der Waals surface area (Å²) in [5.41, 5.74) is 2.67. The number of benzene rings is 2. The molecular weight excluding hydrogens is 342 g/mol. The predicted octanol–water partition coefficient (Wildman–Crippen LogP) is 1.06. The zero-order valence-electron chi connectivity index (χ0n) is 15.1. The number of amides is 1. The maximum atomic E-state index is 12.1. The fraction of sp³-hybridized carbons (Fsp3) is 0.200. The van der Waals surface area contributed by atoms with Crippen molar-refractivity contribution in [3.8, 4) is 5.75 Å². The van der Waals surface area contributed by atoms with Gasteiger partial charge in [0.05, 0.1) is 24.7 Å². The average Bonchev–Trinajstić information content (AvgIpc) is 2.68. The van der Waals surface area contributed by atoms with Crippen LogP contribution in [0.25, 0.3) is 10.9 Å². The molecule has 1 amide bonds. The van der Waals surface area contributed by atoms with E-state index in [9.17, 15) is 4.79 Å². The number of rotatable bonds is 3. The molecule has 0 fully saturated rings. The molecule has 0 aliphatic carbocycles. The fourth-order valence-corrected chi connectivity index (χ4v) is 3.15. The van der Waals surface area contributed by atoms with Crippen molar-refractivity contribution in [1.29, 1.82) is 0 Å². The van der Waals surface area contributed by atoms with Crippen LogP contribution in [-0.4, -0.2) is 28.9 Å². The monoisotopic (exact) mass is 362 g/mol. The van der Waals surface area contributed by atoms with E-state index in [2.05, 4.69) is 25.6 Å². The fourth-order valence-electron chi connectivity index (χ4n) is 3.15. The Morgan fingerprint density at radius 3 is 2.78 bits per heavy atom. The second-order valence-corrected chi connectivity index (χ2v) is 6.38. The highest BCUT2D eigenvalue weighted by atomic mass is 16.5. The van der Waals surface area contributed by atoms with Crippen molar-refractivity contribution in [3.63, 3.8) is 0 Å². The molecule has 27 heavy (non-hydrogen) atoms. The van der Waals surface area contributed by atoms with E-state index in [0.29, 0.717) is 18.3 Å². The number of anilines is 1. The largest absolute Gasteiger partial charge is 0.497 e. The van der Waals surface area contributed by atoms with Crippen LogP contribution < -0.4 is 20.4 Å². The van der Waals surface area contributed by atoms with Crippen molar-refractivity contribution in [3.05, 3.63) is 59.8 Å². The summed E-state index contributed by atoms with van der Waals surface area (Å²) in [6.45, 7) is 1.92. The number of carbonyl (C=O) groups is 1. The van der Waals surface area contributed by atoms with Gasteiger partial charge in [-0.15, -0.1) is 0 Å². The SMILES string of the molecule is COc1ccc2nc(NC3=[NH+][C@@H](c4ccccc4)CC(=O)N3)nc(C)c2c1. The molecular formula is C20H20N5O2+. The maximum absolute atomic E-state index is 12.1. The van der Waals surface area contributed by atoms with Crippen LogP contribution in [0.5, 0.6) is 5.75 Å². The summed E-state index contributed by atoms with van der Waals surface area (Å²) in [7, 11) is 1.63. The van der Waals surface area contributed by atoms with Gasteiger partial charge in [0.1, 0.15) is 11.8 Å². The van der Waals surface area contributed by atoms with Crippen molar-refractivity contribution < 1.29 is 14.5 Å². The summed E-state index contributed by atoms with van der Waals surface area (Å²) in [4.78, 5) is 24.5. The van der Waals surface area contributed by atoms with Gasteiger partial charge in [-0.1, -0.05) is 30.3 Å². The van der Waals surface area contributed by atoms with Crippen LogP contribution in [0.1, 0.15) is 23.7 Å².